The van der Waals surface area contributed by atoms with Crippen LogP contribution in [0.25, 0.3) is 0 Å². The second-order valence-electron chi connectivity index (χ2n) is 5.85. The predicted molar refractivity (Wildman–Crippen MR) is 67.6 cm³/mol. The Hall–Kier alpha value is -1.03. The molecule has 2 saturated carbocycles. The van der Waals surface area contributed by atoms with Gasteiger partial charge in [0.2, 0.25) is 0 Å². The smallest absolute Gasteiger partial charge is 0.330 e. The van der Waals surface area contributed by atoms with Crippen LogP contribution in [0.1, 0.15) is 36.8 Å². The first-order chi connectivity index (χ1) is 9.00. The molecule has 2 N–H and O–H groups in total. The third-order valence-corrected chi connectivity index (χ3v) is 5.00. The van der Waals surface area contributed by atoms with Gasteiger partial charge in [0.25, 0.3) is 0 Å². The van der Waals surface area contributed by atoms with Crippen LogP contribution < -0.4 is 5.73 Å². The Labute approximate surface area is 111 Å². The number of alkyl halides is 3. The average molecular weight is 269 g/mol. The van der Waals surface area contributed by atoms with E-state index in [1.807, 2.05) is 0 Å². The molecule has 104 valence electrons. The van der Waals surface area contributed by atoms with E-state index in [0.29, 0.717) is 18.0 Å². The zero-order valence-electron chi connectivity index (χ0n) is 10.7. The molecular formula is C15H18F3N. The molecule has 0 saturated heterocycles. The third kappa shape index (κ3) is 1.88. The number of hydrogen-bond donors (Lipinski definition) is 1. The zero-order valence-corrected chi connectivity index (χ0v) is 10.7. The number of rotatable bonds is 3. The summed E-state index contributed by atoms with van der Waals surface area (Å²) in [6, 6.07) is 6.07. The first kappa shape index (κ1) is 13.0. The average Bonchev–Trinajstić information content (AvgIpc) is 3.01. The summed E-state index contributed by atoms with van der Waals surface area (Å²) >= 11 is 0. The van der Waals surface area contributed by atoms with E-state index in [1.54, 1.807) is 12.1 Å². The van der Waals surface area contributed by atoms with Gasteiger partial charge in [-0.2, -0.15) is 13.2 Å². The van der Waals surface area contributed by atoms with Gasteiger partial charge in [-0.15, -0.1) is 0 Å². The highest BCUT2D eigenvalue weighted by Crippen LogP contribution is 2.65. The zero-order chi connectivity index (χ0) is 13.7. The molecule has 4 heteroatoms. The van der Waals surface area contributed by atoms with Gasteiger partial charge in [-0.05, 0) is 49.3 Å². The van der Waals surface area contributed by atoms with Crippen LogP contribution in [0, 0.1) is 11.8 Å². The predicted octanol–water partition coefficient (Wildman–Crippen LogP) is 3.72. The Morgan fingerprint density at radius 1 is 1.21 bits per heavy atom. The molecule has 2 atom stereocenters. The summed E-state index contributed by atoms with van der Waals surface area (Å²) in [6.45, 7) is 0.489. The lowest BCUT2D eigenvalue weighted by molar-refractivity contribution is -0.138. The Kier molecular flexibility index (Phi) is 2.89. The van der Waals surface area contributed by atoms with Crippen LogP contribution in [0.4, 0.5) is 13.2 Å². The van der Waals surface area contributed by atoms with E-state index >= 15 is 0 Å². The minimum Gasteiger partial charge on any atom is -0.330 e. The van der Waals surface area contributed by atoms with Crippen molar-refractivity contribution in [1.29, 1.82) is 0 Å². The van der Waals surface area contributed by atoms with Gasteiger partial charge in [0.05, 0.1) is 5.56 Å². The van der Waals surface area contributed by atoms with E-state index in [4.69, 9.17) is 5.73 Å². The Morgan fingerprint density at radius 2 is 1.89 bits per heavy atom. The highest BCUT2D eigenvalue weighted by molar-refractivity contribution is 5.43. The fraction of sp³-hybridized carbons (Fsp3) is 0.600. The summed E-state index contributed by atoms with van der Waals surface area (Å²) in [4.78, 5) is 0. The van der Waals surface area contributed by atoms with Crippen molar-refractivity contribution in [3.8, 4) is 0 Å². The minimum absolute atomic E-state index is 0.223. The number of nitrogens with two attached hydrogens (primary N) is 1. The van der Waals surface area contributed by atoms with Crippen LogP contribution in [0.2, 0.25) is 0 Å². The van der Waals surface area contributed by atoms with Crippen molar-refractivity contribution in [3.05, 3.63) is 35.4 Å². The van der Waals surface area contributed by atoms with E-state index in [2.05, 4.69) is 0 Å². The van der Waals surface area contributed by atoms with Gasteiger partial charge >= 0.3 is 6.18 Å². The molecule has 0 aliphatic heterocycles. The molecule has 2 aliphatic carbocycles. The van der Waals surface area contributed by atoms with Crippen LogP contribution in [0.3, 0.4) is 0 Å². The van der Waals surface area contributed by atoms with Crippen LogP contribution in [0.5, 0.6) is 0 Å². The maximum atomic E-state index is 13.2. The molecule has 1 nitrogen and oxygen atoms in total. The van der Waals surface area contributed by atoms with E-state index in [0.717, 1.165) is 25.7 Å². The Balaban J connectivity index is 2.05. The van der Waals surface area contributed by atoms with E-state index in [-0.39, 0.29) is 11.3 Å². The molecule has 2 fully saturated rings. The molecule has 3 rings (SSSR count). The molecule has 0 heterocycles. The summed E-state index contributed by atoms with van der Waals surface area (Å²) in [7, 11) is 0. The van der Waals surface area contributed by atoms with Gasteiger partial charge < -0.3 is 5.73 Å². The van der Waals surface area contributed by atoms with Crippen LogP contribution in [-0.2, 0) is 11.6 Å². The van der Waals surface area contributed by atoms with Crippen molar-refractivity contribution in [2.45, 2.75) is 37.3 Å². The molecule has 1 unspecified atom stereocenters. The summed E-state index contributed by atoms with van der Waals surface area (Å²) in [6.07, 6.45) is -0.223. The summed E-state index contributed by atoms with van der Waals surface area (Å²) < 4.78 is 39.6. The fourth-order valence-corrected chi connectivity index (χ4v) is 3.75. The molecule has 2 aliphatic rings. The monoisotopic (exact) mass is 269 g/mol. The summed E-state index contributed by atoms with van der Waals surface area (Å²) in [5.74, 6) is 0.617. The first-order valence-corrected chi connectivity index (χ1v) is 6.87. The second kappa shape index (κ2) is 4.23. The van der Waals surface area contributed by atoms with Gasteiger partial charge in [-0.1, -0.05) is 24.6 Å². The van der Waals surface area contributed by atoms with Gasteiger partial charge in [0.1, 0.15) is 0 Å². The van der Waals surface area contributed by atoms with Crippen molar-refractivity contribution in [1.82, 2.24) is 0 Å². The van der Waals surface area contributed by atoms with Crippen LogP contribution in [-0.4, -0.2) is 6.54 Å². The fourth-order valence-electron chi connectivity index (χ4n) is 3.75. The van der Waals surface area contributed by atoms with Crippen LogP contribution >= 0.6 is 0 Å². The molecule has 0 aromatic heterocycles. The number of hydrogen-bond acceptors (Lipinski definition) is 1. The lowest BCUT2D eigenvalue weighted by Crippen LogP contribution is -2.32. The Bertz CT molecular complexity index is 479. The van der Waals surface area contributed by atoms with Gasteiger partial charge in [-0.3, -0.25) is 0 Å². The van der Waals surface area contributed by atoms with Crippen LogP contribution in [0.15, 0.2) is 24.3 Å². The van der Waals surface area contributed by atoms with Crippen molar-refractivity contribution < 1.29 is 13.2 Å². The summed E-state index contributed by atoms with van der Waals surface area (Å²) in [5.41, 5.74) is 5.48. The number of benzene rings is 1. The van der Waals surface area contributed by atoms with Crippen molar-refractivity contribution in [3.63, 3.8) is 0 Å². The minimum atomic E-state index is -4.27. The van der Waals surface area contributed by atoms with Gasteiger partial charge in [-0.25, -0.2) is 0 Å². The molecule has 19 heavy (non-hydrogen) atoms. The third-order valence-electron chi connectivity index (χ3n) is 5.00. The highest BCUT2D eigenvalue weighted by Gasteiger charge is 2.61. The molecule has 0 bridgehead atoms. The first-order valence-electron chi connectivity index (χ1n) is 6.87. The molecule has 0 radical (unpaired) electrons. The SMILES string of the molecule is NC[C@@H]1CC1(c1ccccc1C(F)(F)F)C1CCC1. The lowest BCUT2D eigenvalue weighted by atomic mass is 9.68. The number of halogens is 3. The van der Waals surface area contributed by atoms with E-state index in [9.17, 15) is 13.2 Å². The van der Waals surface area contributed by atoms with Crippen molar-refractivity contribution >= 4 is 0 Å². The molecular weight excluding hydrogens is 251 g/mol. The lowest BCUT2D eigenvalue weighted by Gasteiger charge is -2.37. The quantitative estimate of drug-likeness (QED) is 0.889. The molecule has 0 spiro atoms. The van der Waals surface area contributed by atoms with Crippen molar-refractivity contribution in [2.24, 2.45) is 17.6 Å². The summed E-state index contributed by atoms with van der Waals surface area (Å²) in [5, 5.41) is 0. The molecule has 1 aromatic rings. The molecule has 0 amide bonds. The normalized spacial score (nSPS) is 31.1. The largest absolute Gasteiger partial charge is 0.416 e. The second-order valence-corrected chi connectivity index (χ2v) is 5.85. The standard InChI is InChI=1S/C15H18F3N/c16-15(17,18)13-7-2-1-6-12(13)14(8-11(14)9-19)10-4-3-5-10/h1-2,6-7,10-11H,3-5,8-9,19H2/t11-,14?/m0/s1. The van der Waals surface area contributed by atoms with Gasteiger partial charge in [0.15, 0.2) is 0 Å². The van der Waals surface area contributed by atoms with Gasteiger partial charge in [0, 0.05) is 5.41 Å². The molecule has 1 aromatic carbocycles. The maximum absolute atomic E-state index is 13.2. The van der Waals surface area contributed by atoms with E-state index < -0.39 is 11.7 Å². The van der Waals surface area contributed by atoms with Crippen molar-refractivity contribution in [2.75, 3.05) is 6.54 Å². The maximum Gasteiger partial charge on any atom is 0.416 e. The Morgan fingerprint density at radius 3 is 2.37 bits per heavy atom. The topological polar surface area (TPSA) is 26.0 Å². The highest BCUT2D eigenvalue weighted by atomic mass is 19.4. The van der Waals surface area contributed by atoms with E-state index in [1.165, 1.54) is 12.1 Å².